The SMILES string of the molecule is CC1(C)OC(C)(C)C(CN2CCSCC2)C1O. The predicted octanol–water partition coefficient (Wildman–Crippen LogP) is 1.60. The topological polar surface area (TPSA) is 32.7 Å². The molecule has 1 N–H and O–H groups in total. The average Bonchev–Trinajstić information content (AvgIpc) is 2.38. The van der Waals surface area contributed by atoms with E-state index in [1.54, 1.807) is 0 Å². The number of hydrogen-bond donors (Lipinski definition) is 1. The minimum Gasteiger partial charge on any atom is -0.390 e. The molecule has 0 radical (unpaired) electrons. The lowest BCUT2D eigenvalue weighted by Crippen LogP contribution is -2.45. The smallest absolute Gasteiger partial charge is 0.0896 e. The number of rotatable bonds is 2. The molecular formula is C13H25NO2S. The number of hydrogen-bond acceptors (Lipinski definition) is 4. The minimum atomic E-state index is -0.418. The van der Waals surface area contributed by atoms with Gasteiger partial charge in [-0.3, -0.25) is 0 Å². The Morgan fingerprint density at radius 1 is 1.18 bits per heavy atom. The summed E-state index contributed by atoms with van der Waals surface area (Å²) in [5.74, 6) is 2.64. The van der Waals surface area contributed by atoms with E-state index in [0.29, 0.717) is 0 Å². The normalized spacial score (nSPS) is 37.2. The lowest BCUT2D eigenvalue weighted by molar-refractivity contribution is -0.0913. The van der Waals surface area contributed by atoms with Crippen molar-refractivity contribution in [2.24, 2.45) is 5.92 Å². The molecule has 100 valence electrons. The maximum absolute atomic E-state index is 10.4. The molecule has 3 nitrogen and oxygen atoms in total. The van der Waals surface area contributed by atoms with Crippen LogP contribution in [0.1, 0.15) is 27.7 Å². The quantitative estimate of drug-likeness (QED) is 0.816. The van der Waals surface area contributed by atoms with Crippen LogP contribution in [0, 0.1) is 5.92 Å². The van der Waals surface area contributed by atoms with Gasteiger partial charge in [0, 0.05) is 37.1 Å². The van der Waals surface area contributed by atoms with Gasteiger partial charge in [-0.15, -0.1) is 0 Å². The van der Waals surface area contributed by atoms with Crippen LogP contribution in [0.15, 0.2) is 0 Å². The van der Waals surface area contributed by atoms with Crippen LogP contribution in [0.25, 0.3) is 0 Å². The van der Waals surface area contributed by atoms with Crippen LogP contribution >= 0.6 is 11.8 Å². The van der Waals surface area contributed by atoms with Gasteiger partial charge in [0.1, 0.15) is 0 Å². The highest BCUT2D eigenvalue weighted by Gasteiger charge is 2.53. The fourth-order valence-electron chi connectivity index (χ4n) is 3.06. The van der Waals surface area contributed by atoms with Gasteiger partial charge in [0.15, 0.2) is 0 Å². The highest BCUT2D eigenvalue weighted by molar-refractivity contribution is 7.99. The molecule has 0 aliphatic carbocycles. The minimum absolute atomic E-state index is 0.209. The number of aliphatic hydroxyl groups is 1. The molecule has 0 bridgehead atoms. The molecule has 0 amide bonds. The summed E-state index contributed by atoms with van der Waals surface area (Å²) in [7, 11) is 0. The first-order chi connectivity index (χ1) is 7.83. The summed E-state index contributed by atoms with van der Waals surface area (Å²) in [6.07, 6.45) is -0.368. The number of nitrogens with zero attached hydrogens (tertiary/aromatic N) is 1. The van der Waals surface area contributed by atoms with Crippen molar-refractivity contribution in [3.63, 3.8) is 0 Å². The van der Waals surface area contributed by atoms with Gasteiger partial charge in [0.2, 0.25) is 0 Å². The second kappa shape index (κ2) is 4.72. The van der Waals surface area contributed by atoms with Crippen molar-refractivity contribution in [2.45, 2.75) is 45.0 Å². The lowest BCUT2D eigenvalue weighted by atomic mass is 9.84. The zero-order chi connectivity index (χ0) is 12.7. The summed E-state index contributed by atoms with van der Waals surface area (Å²) in [5.41, 5.74) is -0.647. The van der Waals surface area contributed by atoms with Crippen molar-refractivity contribution in [3.8, 4) is 0 Å². The number of ether oxygens (including phenoxy) is 1. The number of thioether (sulfide) groups is 1. The van der Waals surface area contributed by atoms with Gasteiger partial charge in [0.25, 0.3) is 0 Å². The van der Waals surface area contributed by atoms with Crippen LogP contribution in [0.2, 0.25) is 0 Å². The Bertz CT molecular complexity index is 275. The van der Waals surface area contributed by atoms with E-state index in [2.05, 4.69) is 18.7 Å². The van der Waals surface area contributed by atoms with Crippen LogP contribution in [0.5, 0.6) is 0 Å². The largest absolute Gasteiger partial charge is 0.390 e. The van der Waals surface area contributed by atoms with Crippen molar-refractivity contribution >= 4 is 11.8 Å². The summed E-state index contributed by atoms with van der Waals surface area (Å²) in [4.78, 5) is 2.47. The highest BCUT2D eigenvalue weighted by Crippen LogP contribution is 2.42. The van der Waals surface area contributed by atoms with Crippen LogP contribution < -0.4 is 0 Å². The summed E-state index contributed by atoms with van der Waals surface area (Å²) in [5, 5.41) is 10.4. The van der Waals surface area contributed by atoms with E-state index < -0.39 is 5.60 Å². The predicted molar refractivity (Wildman–Crippen MR) is 72.5 cm³/mol. The van der Waals surface area contributed by atoms with Crippen molar-refractivity contribution in [1.29, 1.82) is 0 Å². The van der Waals surface area contributed by atoms with Gasteiger partial charge in [0.05, 0.1) is 17.3 Å². The van der Waals surface area contributed by atoms with E-state index in [4.69, 9.17) is 4.74 Å². The Kier molecular flexibility index (Phi) is 3.79. The van der Waals surface area contributed by atoms with E-state index >= 15 is 0 Å². The van der Waals surface area contributed by atoms with Crippen molar-refractivity contribution < 1.29 is 9.84 Å². The molecule has 17 heavy (non-hydrogen) atoms. The third kappa shape index (κ3) is 2.80. The molecule has 2 atom stereocenters. The van der Waals surface area contributed by atoms with Crippen LogP contribution in [-0.4, -0.2) is 58.5 Å². The average molecular weight is 259 g/mol. The first kappa shape index (κ1) is 13.7. The van der Waals surface area contributed by atoms with Gasteiger partial charge in [-0.2, -0.15) is 11.8 Å². The second-order valence-electron chi connectivity index (χ2n) is 6.27. The molecule has 2 unspecified atom stereocenters. The van der Waals surface area contributed by atoms with Gasteiger partial charge in [-0.1, -0.05) is 0 Å². The molecule has 0 spiro atoms. The van der Waals surface area contributed by atoms with E-state index in [-0.39, 0.29) is 17.6 Å². The standard InChI is InChI=1S/C13H25NO2S/c1-12(2)10(11(15)13(3,4)16-12)9-14-5-7-17-8-6-14/h10-11,15H,5-9H2,1-4H3. The van der Waals surface area contributed by atoms with E-state index in [1.807, 2.05) is 25.6 Å². The fourth-order valence-corrected chi connectivity index (χ4v) is 4.04. The maximum Gasteiger partial charge on any atom is 0.0896 e. The van der Waals surface area contributed by atoms with Crippen LogP contribution in [-0.2, 0) is 4.74 Å². The monoisotopic (exact) mass is 259 g/mol. The molecule has 2 saturated heterocycles. The zero-order valence-corrected chi connectivity index (χ0v) is 12.2. The Hall–Kier alpha value is 0.230. The van der Waals surface area contributed by atoms with Crippen molar-refractivity contribution in [2.75, 3.05) is 31.1 Å². The molecule has 0 aromatic carbocycles. The summed E-state index contributed by atoms with van der Waals surface area (Å²) < 4.78 is 6.02. The Morgan fingerprint density at radius 2 is 1.76 bits per heavy atom. The van der Waals surface area contributed by atoms with Crippen molar-refractivity contribution in [1.82, 2.24) is 4.90 Å². The molecule has 2 fully saturated rings. The Morgan fingerprint density at radius 3 is 2.24 bits per heavy atom. The van der Waals surface area contributed by atoms with E-state index in [0.717, 1.165) is 19.6 Å². The third-order valence-electron chi connectivity index (χ3n) is 4.07. The Balaban J connectivity index is 2.03. The molecule has 0 saturated carbocycles. The molecule has 2 aliphatic rings. The van der Waals surface area contributed by atoms with E-state index in [9.17, 15) is 5.11 Å². The lowest BCUT2D eigenvalue weighted by Gasteiger charge is -2.34. The summed E-state index contributed by atoms with van der Waals surface area (Å²) >= 11 is 2.02. The number of aliphatic hydroxyl groups excluding tert-OH is 1. The highest BCUT2D eigenvalue weighted by atomic mass is 32.2. The summed E-state index contributed by atoms with van der Waals surface area (Å²) in [6, 6.07) is 0. The molecule has 0 aromatic rings. The Labute approximate surface area is 109 Å². The third-order valence-corrected chi connectivity index (χ3v) is 5.01. The van der Waals surface area contributed by atoms with E-state index in [1.165, 1.54) is 11.5 Å². The summed E-state index contributed by atoms with van der Waals surface area (Å²) in [6.45, 7) is 11.4. The van der Waals surface area contributed by atoms with Gasteiger partial charge >= 0.3 is 0 Å². The molecule has 4 heteroatoms. The van der Waals surface area contributed by atoms with Crippen LogP contribution in [0.3, 0.4) is 0 Å². The maximum atomic E-state index is 10.4. The first-order valence-electron chi connectivity index (χ1n) is 6.51. The molecule has 2 rings (SSSR count). The molecule has 2 aliphatic heterocycles. The van der Waals surface area contributed by atoms with Crippen LogP contribution in [0.4, 0.5) is 0 Å². The second-order valence-corrected chi connectivity index (χ2v) is 7.50. The zero-order valence-electron chi connectivity index (χ0n) is 11.4. The van der Waals surface area contributed by atoms with Crippen molar-refractivity contribution in [3.05, 3.63) is 0 Å². The van der Waals surface area contributed by atoms with Gasteiger partial charge < -0.3 is 14.7 Å². The van der Waals surface area contributed by atoms with Gasteiger partial charge in [-0.05, 0) is 27.7 Å². The molecule has 0 aromatic heterocycles. The molecule has 2 heterocycles. The first-order valence-corrected chi connectivity index (χ1v) is 7.67. The van der Waals surface area contributed by atoms with Gasteiger partial charge in [-0.25, -0.2) is 0 Å². The fraction of sp³-hybridized carbons (Fsp3) is 1.00. The molecular weight excluding hydrogens is 234 g/mol.